The molecule has 1 amide bonds. The van der Waals surface area contributed by atoms with E-state index in [2.05, 4.69) is 15.2 Å². The lowest BCUT2D eigenvalue weighted by molar-refractivity contribution is -0.143. The zero-order chi connectivity index (χ0) is 23.5. The van der Waals surface area contributed by atoms with Gasteiger partial charge in [-0.05, 0) is 51.0 Å². The molecule has 0 aliphatic heterocycles. The quantitative estimate of drug-likeness (QED) is 0.496. The number of alkyl halides is 3. The van der Waals surface area contributed by atoms with Crippen molar-refractivity contribution in [1.82, 2.24) is 24.9 Å². The molecule has 3 rings (SSSR count). The monoisotopic (exact) mass is 453 g/mol. The number of halogens is 5. The molecule has 0 radical (unpaired) electrons. The van der Waals surface area contributed by atoms with Gasteiger partial charge in [0.05, 0.1) is 18.0 Å². The van der Waals surface area contributed by atoms with Crippen LogP contribution in [0, 0.1) is 11.6 Å². The number of benzene rings is 1. The van der Waals surface area contributed by atoms with Crippen molar-refractivity contribution in [1.29, 1.82) is 0 Å². The van der Waals surface area contributed by atoms with Crippen molar-refractivity contribution >= 4 is 5.91 Å². The first-order valence-electron chi connectivity index (χ1n) is 9.82. The van der Waals surface area contributed by atoms with Gasteiger partial charge in [-0.3, -0.25) is 4.79 Å². The zero-order valence-corrected chi connectivity index (χ0v) is 17.3. The summed E-state index contributed by atoms with van der Waals surface area (Å²) in [5, 5.41) is 7.79. The second-order valence-corrected chi connectivity index (χ2v) is 7.06. The van der Waals surface area contributed by atoms with Gasteiger partial charge in [-0.2, -0.15) is 23.4 Å². The molecule has 32 heavy (non-hydrogen) atoms. The van der Waals surface area contributed by atoms with Gasteiger partial charge in [0.25, 0.3) is 5.91 Å². The predicted molar refractivity (Wildman–Crippen MR) is 105 cm³/mol. The number of hydrogen-bond acceptors (Lipinski definition) is 4. The lowest BCUT2D eigenvalue weighted by Crippen LogP contribution is -2.39. The number of hydrogen-bond donors (Lipinski definition) is 0. The number of nitrogens with zero attached hydrogens (tertiary/aromatic N) is 5. The molecule has 0 N–H and O–H groups in total. The summed E-state index contributed by atoms with van der Waals surface area (Å²) in [6.07, 6.45) is -1.84. The minimum absolute atomic E-state index is 0.0502. The van der Waals surface area contributed by atoms with E-state index in [1.54, 1.807) is 13.8 Å². The third-order valence-corrected chi connectivity index (χ3v) is 4.96. The van der Waals surface area contributed by atoms with Crippen LogP contribution in [0.1, 0.15) is 42.0 Å². The third-order valence-electron chi connectivity index (χ3n) is 4.96. The van der Waals surface area contributed by atoms with Crippen LogP contribution < -0.4 is 0 Å². The summed E-state index contributed by atoms with van der Waals surface area (Å²) in [6, 6.07) is 5.53. The molecule has 170 valence electrons. The highest BCUT2D eigenvalue weighted by Gasteiger charge is 2.36. The Morgan fingerprint density at radius 2 is 1.78 bits per heavy atom. The van der Waals surface area contributed by atoms with E-state index in [9.17, 15) is 26.7 Å². The molecule has 0 saturated heterocycles. The number of carbonyl (C=O) groups is 1. The number of carbonyl (C=O) groups excluding carboxylic acids is 1. The molecule has 2 heterocycles. The normalized spacial score (nSPS) is 12.6. The first kappa shape index (κ1) is 23.3. The molecule has 0 saturated carbocycles. The fourth-order valence-corrected chi connectivity index (χ4v) is 3.37. The van der Waals surface area contributed by atoms with Crippen molar-refractivity contribution in [3.8, 4) is 5.69 Å². The molecule has 0 bridgehead atoms. The Morgan fingerprint density at radius 3 is 2.41 bits per heavy atom. The Balaban J connectivity index is 1.80. The Bertz CT molecular complexity index is 1080. The molecule has 3 aromatic rings. The first-order chi connectivity index (χ1) is 15.1. The van der Waals surface area contributed by atoms with Crippen molar-refractivity contribution in [3.63, 3.8) is 0 Å². The largest absolute Gasteiger partial charge is 0.436 e. The summed E-state index contributed by atoms with van der Waals surface area (Å²) < 4.78 is 66.6. The Morgan fingerprint density at radius 1 is 1.09 bits per heavy atom. The molecule has 2 aromatic heterocycles. The van der Waals surface area contributed by atoms with Crippen molar-refractivity contribution in [2.75, 3.05) is 6.54 Å². The second-order valence-electron chi connectivity index (χ2n) is 7.06. The van der Waals surface area contributed by atoms with Crippen molar-refractivity contribution in [2.24, 2.45) is 0 Å². The summed E-state index contributed by atoms with van der Waals surface area (Å²) in [5.74, 6) is -2.59. The number of amides is 1. The molecule has 11 heteroatoms. The van der Waals surface area contributed by atoms with Crippen LogP contribution in [-0.2, 0) is 12.6 Å². The predicted octanol–water partition coefficient (Wildman–Crippen LogP) is 4.44. The zero-order valence-electron chi connectivity index (χ0n) is 17.3. The lowest BCUT2D eigenvalue weighted by Gasteiger charge is -2.29. The van der Waals surface area contributed by atoms with Crippen molar-refractivity contribution in [2.45, 2.75) is 38.9 Å². The van der Waals surface area contributed by atoms with E-state index >= 15 is 0 Å². The summed E-state index contributed by atoms with van der Waals surface area (Å²) >= 11 is 0. The summed E-state index contributed by atoms with van der Waals surface area (Å²) in [6.45, 7) is 3.73. The molecule has 0 aliphatic rings. The van der Waals surface area contributed by atoms with E-state index in [0.29, 0.717) is 0 Å². The van der Waals surface area contributed by atoms with Crippen LogP contribution in [0.2, 0.25) is 0 Å². The van der Waals surface area contributed by atoms with Gasteiger partial charge in [-0.25, -0.2) is 13.8 Å². The molecule has 1 aromatic carbocycles. The number of aromatic nitrogens is 4. The Labute approximate surface area is 180 Å². The van der Waals surface area contributed by atoms with Gasteiger partial charge in [0.15, 0.2) is 17.3 Å². The molecular formula is C21H20F5N5O. The van der Waals surface area contributed by atoms with Crippen molar-refractivity contribution in [3.05, 3.63) is 71.3 Å². The van der Waals surface area contributed by atoms with E-state index in [1.165, 1.54) is 41.6 Å². The highest BCUT2D eigenvalue weighted by atomic mass is 19.4. The lowest BCUT2D eigenvalue weighted by atomic mass is 10.1. The van der Waals surface area contributed by atoms with Gasteiger partial charge in [-0.15, -0.1) is 4.80 Å². The number of pyridine rings is 1. The molecule has 0 fully saturated rings. The molecule has 0 spiro atoms. The minimum atomic E-state index is -4.90. The summed E-state index contributed by atoms with van der Waals surface area (Å²) in [7, 11) is 0. The average Bonchev–Trinajstić information content (AvgIpc) is 3.27. The van der Waals surface area contributed by atoms with Gasteiger partial charge < -0.3 is 4.90 Å². The van der Waals surface area contributed by atoms with E-state index in [1.807, 2.05) is 0 Å². The minimum Gasteiger partial charge on any atom is -0.336 e. The standard InChI is InChI=1S/C21H20F5N5O/c1-3-30(13(2)7-8-14-9-10-17(23)19(29-14)21(24,25)26)20(32)15-5-4-6-16(22)18(15)31-27-11-12-28-31/h4-6,9-13H,3,7-8H2,1-2H3/t13-/m0/s1. The van der Waals surface area contributed by atoms with Gasteiger partial charge in [0, 0.05) is 18.3 Å². The van der Waals surface area contributed by atoms with Gasteiger partial charge in [0.2, 0.25) is 0 Å². The topological polar surface area (TPSA) is 63.9 Å². The van der Waals surface area contributed by atoms with Crippen LogP contribution in [0.3, 0.4) is 0 Å². The van der Waals surface area contributed by atoms with Gasteiger partial charge in [-0.1, -0.05) is 6.07 Å². The third kappa shape index (κ3) is 4.92. The van der Waals surface area contributed by atoms with Crippen LogP contribution in [0.4, 0.5) is 22.0 Å². The number of para-hydroxylation sites is 1. The smallest absolute Gasteiger partial charge is 0.336 e. The fraction of sp³-hybridized carbons (Fsp3) is 0.333. The average molecular weight is 453 g/mol. The van der Waals surface area contributed by atoms with E-state index < -0.39 is 35.5 Å². The summed E-state index contributed by atoms with van der Waals surface area (Å²) in [5.41, 5.74) is -1.55. The van der Waals surface area contributed by atoms with Gasteiger partial charge in [0.1, 0.15) is 5.69 Å². The van der Waals surface area contributed by atoms with Crippen LogP contribution in [-0.4, -0.2) is 43.4 Å². The fourth-order valence-electron chi connectivity index (χ4n) is 3.37. The van der Waals surface area contributed by atoms with Crippen LogP contribution in [0.5, 0.6) is 0 Å². The Hall–Kier alpha value is -3.37. The molecule has 6 nitrogen and oxygen atoms in total. The Kier molecular flexibility index (Phi) is 6.85. The van der Waals surface area contributed by atoms with E-state index in [4.69, 9.17) is 0 Å². The number of rotatable bonds is 7. The first-order valence-corrected chi connectivity index (χ1v) is 9.82. The molecule has 0 aliphatic carbocycles. The number of aryl methyl sites for hydroxylation is 1. The molecule has 0 unspecified atom stereocenters. The SMILES string of the molecule is CCN(C(=O)c1cccc(F)c1-n1nccn1)[C@@H](C)CCc1ccc(F)c(C(F)(F)F)n1. The van der Waals surface area contributed by atoms with E-state index in [-0.39, 0.29) is 36.3 Å². The maximum atomic E-state index is 14.5. The highest BCUT2D eigenvalue weighted by molar-refractivity contribution is 5.98. The van der Waals surface area contributed by atoms with Crippen molar-refractivity contribution < 1.29 is 26.7 Å². The highest BCUT2D eigenvalue weighted by Crippen LogP contribution is 2.30. The second kappa shape index (κ2) is 9.41. The summed E-state index contributed by atoms with van der Waals surface area (Å²) in [4.78, 5) is 19.1. The maximum Gasteiger partial charge on any atom is 0.436 e. The van der Waals surface area contributed by atoms with Crippen LogP contribution in [0.15, 0.2) is 42.7 Å². The maximum absolute atomic E-state index is 14.5. The molecular weight excluding hydrogens is 433 g/mol. The van der Waals surface area contributed by atoms with Crippen LogP contribution >= 0.6 is 0 Å². The van der Waals surface area contributed by atoms with E-state index in [0.717, 1.165) is 10.9 Å². The van der Waals surface area contributed by atoms with Gasteiger partial charge >= 0.3 is 6.18 Å². The van der Waals surface area contributed by atoms with Crippen LogP contribution in [0.25, 0.3) is 5.69 Å². The molecule has 1 atom stereocenters.